The average Bonchev–Trinajstić information content (AvgIpc) is 3.38. The first-order valence-corrected chi connectivity index (χ1v) is 11.5. The zero-order valence-corrected chi connectivity index (χ0v) is 18.2. The minimum Gasteiger partial charge on any atom is -0.135 e. The maximum atomic E-state index is 9.11. The highest BCUT2D eigenvalue weighted by atomic mass is 32.1. The summed E-state index contributed by atoms with van der Waals surface area (Å²) < 4.78 is 72.5. The van der Waals surface area contributed by atoms with Gasteiger partial charge in [0.2, 0.25) is 0 Å². The van der Waals surface area contributed by atoms with Gasteiger partial charge in [-0.1, -0.05) is 115 Å². The molecule has 0 aliphatic rings. The third kappa shape index (κ3) is 2.76. The van der Waals surface area contributed by atoms with Gasteiger partial charge in [-0.05, 0) is 44.3 Å². The molecule has 0 atom stereocenters. The number of fused-ring (bicyclic) bond motifs is 5. The molecule has 0 spiro atoms. The van der Waals surface area contributed by atoms with Gasteiger partial charge >= 0.3 is 0 Å². The summed E-state index contributed by atoms with van der Waals surface area (Å²) in [6.45, 7) is 0. The zero-order chi connectivity index (χ0) is 28.7. The van der Waals surface area contributed by atoms with Crippen LogP contribution in [-0.2, 0) is 0 Å². The molecule has 33 heavy (non-hydrogen) atoms. The first kappa shape index (κ1) is 12.3. The molecule has 0 nitrogen and oxygen atoms in total. The second kappa shape index (κ2) is 7.30. The summed E-state index contributed by atoms with van der Waals surface area (Å²) in [5, 5.41) is 2.95. The van der Waals surface area contributed by atoms with Gasteiger partial charge in [0, 0.05) is 25.7 Å². The molecule has 7 aromatic rings. The molecule has 0 fully saturated rings. The third-order valence-electron chi connectivity index (χ3n) is 6.11. The Morgan fingerprint density at radius 3 is 1.76 bits per heavy atom. The van der Waals surface area contributed by atoms with E-state index in [2.05, 4.69) is 0 Å². The molecule has 0 bridgehead atoms. The fraction of sp³-hybridized carbons (Fsp3) is 0. The Bertz CT molecular complexity index is 2160. The smallest absolute Gasteiger partial charge is 0.0629 e. The van der Waals surface area contributed by atoms with Crippen molar-refractivity contribution in [2.75, 3.05) is 0 Å². The molecule has 0 aliphatic carbocycles. The van der Waals surface area contributed by atoms with E-state index in [1.807, 2.05) is 48.5 Å². The van der Waals surface area contributed by atoms with Crippen molar-refractivity contribution in [2.24, 2.45) is 0 Å². The van der Waals surface area contributed by atoms with E-state index in [0.717, 1.165) is 20.2 Å². The zero-order valence-electron chi connectivity index (χ0n) is 25.3. The van der Waals surface area contributed by atoms with Crippen LogP contribution < -0.4 is 0 Å². The molecule has 0 saturated heterocycles. The van der Waals surface area contributed by atoms with Gasteiger partial charge in [-0.25, -0.2) is 0 Å². The lowest BCUT2D eigenvalue weighted by Gasteiger charge is -2.18. The van der Waals surface area contributed by atoms with Gasteiger partial charge in [0.1, 0.15) is 0 Å². The molecule has 154 valence electrons. The quantitative estimate of drug-likeness (QED) is 0.233. The molecule has 1 heterocycles. The van der Waals surface area contributed by atoms with Crippen molar-refractivity contribution in [3.63, 3.8) is 0 Å². The second-order valence-corrected chi connectivity index (χ2v) is 8.95. The van der Waals surface area contributed by atoms with Gasteiger partial charge < -0.3 is 0 Å². The molecule has 6 aromatic carbocycles. The van der Waals surface area contributed by atoms with Crippen LogP contribution in [0.25, 0.3) is 64.0 Å². The van der Waals surface area contributed by atoms with Crippen molar-refractivity contribution in [1.29, 1.82) is 0 Å². The van der Waals surface area contributed by atoms with Gasteiger partial charge in [0.25, 0.3) is 0 Å². The molecule has 1 aromatic heterocycles. The van der Waals surface area contributed by atoms with E-state index in [1.165, 1.54) is 0 Å². The lowest BCUT2D eigenvalue weighted by molar-refractivity contribution is 1.67. The van der Waals surface area contributed by atoms with Crippen LogP contribution in [-0.4, -0.2) is 0 Å². The molecular formula is C32H20S. The SMILES string of the molecule is [2H]c1c([2H])c([2H])c2c(-c3cccc4c3sc3ccccc34)c3c([2H])c([2H])c([2H])c([2H])c3c(-c3ccccc3)c2c1[2H]. The van der Waals surface area contributed by atoms with Crippen LogP contribution in [0.3, 0.4) is 0 Å². The third-order valence-corrected chi connectivity index (χ3v) is 7.33. The van der Waals surface area contributed by atoms with Crippen LogP contribution in [0.4, 0.5) is 0 Å². The highest BCUT2D eigenvalue weighted by molar-refractivity contribution is 7.26. The topological polar surface area (TPSA) is 0 Å². The van der Waals surface area contributed by atoms with Crippen LogP contribution in [0.2, 0.25) is 0 Å². The predicted octanol–water partition coefficient (Wildman–Crippen LogP) is 9.69. The van der Waals surface area contributed by atoms with E-state index in [0.29, 0.717) is 22.3 Å². The van der Waals surface area contributed by atoms with Gasteiger partial charge in [0.05, 0.1) is 11.0 Å². The van der Waals surface area contributed by atoms with Gasteiger partial charge in [-0.3, -0.25) is 0 Å². The van der Waals surface area contributed by atoms with Crippen molar-refractivity contribution >= 4 is 53.1 Å². The number of hydrogen-bond acceptors (Lipinski definition) is 1. The number of hydrogen-bond donors (Lipinski definition) is 0. The normalized spacial score (nSPS) is 15.0. The van der Waals surface area contributed by atoms with E-state index >= 15 is 0 Å². The summed E-state index contributed by atoms with van der Waals surface area (Å²) in [5.74, 6) is 0. The van der Waals surface area contributed by atoms with Gasteiger partial charge in [-0.2, -0.15) is 0 Å². The average molecular weight is 445 g/mol. The van der Waals surface area contributed by atoms with Gasteiger partial charge in [0.15, 0.2) is 0 Å². The van der Waals surface area contributed by atoms with Crippen LogP contribution in [0.1, 0.15) is 11.0 Å². The monoisotopic (exact) mass is 444 g/mol. The second-order valence-electron chi connectivity index (χ2n) is 7.90. The summed E-state index contributed by atoms with van der Waals surface area (Å²) in [4.78, 5) is 0. The number of benzene rings is 6. The number of rotatable bonds is 2. The Morgan fingerprint density at radius 2 is 1.06 bits per heavy atom. The maximum Gasteiger partial charge on any atom is 0.0629 e. The van der Waals surface area contributed by atoms with Crippen molar-refractivity contribution in [3.8, 4) is 22.3 Å². The minimum atomic E-state index is -0.397. The lowest BCUT2D eigenvalue weighted by atomic mass is 9.86. The molecule has 0 radical (unpaired) electrons. The first-order chi connectivity index (χ1) is 19.7. The van der Waals surface area contributed by atoms with Crippen molar-refractivity contribution in [2.45, 2.75) is 0 Å². The van der Waals surface area contributed by atoms with Crippen LogP contribution in [0.5, 0.6) is 0 Å². The van der Waals surface area contributed by atoms with E-state index in [-0.39, 0.29) is 45.7 Å². The summed E-state index contributed by atoms with van der Waals surface area (Å²) in [7, 11) is 0. The molecule has 7 rings (SSSR count). The highest BCUT2D eigenvalue weighted by Crippen LogP contribution is 2.47. The molecule has 1 heteroatoms. The van der Waals surface area contributed by atoms with Crippen molar-refractivity contribution in [1.82, 2.24) is 0 Å². The Morgan fingerprint density at radius 1 is 0.485 bits per heavy atom. The van der Waals surface area contributed by atoms with Crippen LogP contribution in [0.15, 0.2) is 121 Å². The van der Waals surface area contributed by atoms with Crippen LogP contribution in [0, 0.1) is 0 Å². The molecule has 0 amide bonds. The molecular weight excluding hydrogens is 416 g/mol. The fourth-order valence-electron chi connectivity index (χ4n) is 4.73. The van der Waals surface area contributed by atoms with E-state index in [9.17, 15) is 0 Å². The van der Waals surface area contributed by atoms with E-state index < -0.39 is 24.2 Å². The maximum absolute atomic E-state index is 9.11. The summed E-state index contributed by atoms with van der Waals surface area (Å²) in [6.07, 6.45) is 0. The Hall–Kier alpha value is -3.94. The molecule has 0 aliphatic heterocycles. The summed E-state index contributed by atoms with van der Waals surface area (Å²) >= 11 is 1.55. The lowest BCUT2D eigenvalue weighted by Crippen LogP contribution is -1.90. The standard InChI is InChI=1S/C32H20S/c1-2-11-21(12-3-1)30-23-14-4-6-16-25(23)31(26-17-7-5-15-24(26)30)28-19-10-18-27-22-13-8-9-20-29(22)33-32(27)28/h1-20H/i4D,5D,6D,7D,14D,15D,16D,17D. The molecule has 0 unspecified atom stereocenters. The van der Waals surface area contributed by atoms with Gasteiger partial charge in [-0.15, -0.1) is 11.3 Å². The molecule has 0 N–H and O–H groups in total. The van der Waals surface area contributed by atoms with Crippen LogP contribution >= 0.6 is 11.3 Å². The Labute approximate surface area is 207 Å². The number of thiophene rings is 1. The largest absolute Gasteiger partial charge is 0.135 e. The van der Waals surface area contributed by atoms with E-state index in [4.69, 9.17) is 11.0 Å². The predicted molar refractivity (Wildman–Crippen MR) is 145 cm³/mol. The fourth-order valence-corrected chi connectivity index (χ4v) is 5.95. The first-order valence-electron chi connectivity index (χ1n) is 14.6. The Kier molecular flexibility index (Phi) is 2.73. The summed E-state index contributed by atoms with van der Waals surface area (Å²) in [6, 6.07) is 20.2. The summed E-state index contributed by atoms with van der Waals surface area (Å²) in [5.41, 5.74) is 2.00. The molecule has 0 saturated carbocycles. The van der Waals surface area contributed by atoms with E-state index in [1.54, 1.807) is 35.6 Å². The highest BCUT2D eigenvalue weighted by Gasteiger charge is 2.18. The minimum absolute atomic E-state index is 0.229. The van der Waals surface area contributed by atoms with Crippen molar-refractivity contribution in [3.05, 3.63) is 121 Å². The Balaban J connectivity index is 1.86. The van der Waals surface area contributed by atoms with Crippen molar-refractivity contribution < 1.29 is 11.0 Å².